The van der Waals surface area contributed by atoms with Crippen molar-refractivity contribution in [2.24, 2.45) is 0 Å². The van der Waals surface area contributed by atoms with Crippen molar-refractivity contribution in [3.05, 3.63) is 98.4 Å². The number of benzene rings is 3. The average Bonchev–Trinajstić information content (AvgIpc) is 3.25. The normalized spacial score (nSPS) is 12.3. The molecular weight excluding hydrogens is 465 g/mol. The summed E-state index contributed by atoms with van der Waals surface area (Å²) in [6.07, 6.45) is 1.60. The molecular formula is C27H30FN3O3S. The lowest BCUT2D eigenvalue weighted by Crippen LogP contribution is -2.24. The summed E-state index contributed by atoms with van der Waals surface area (Å²) in [6.45, 7) is 2.61. The molecule has 0 spiro atoms. The number of aromatic nitrogens is 1. The predicted molar refractivity (Wildman–Crippen MR) is 139 cm³/mol. The molecule has 0 bridgehead atoms. The molecule has 4 aromatic rings. The van der Waals surface area contributed by atoms with E-state index in [4.69, 9.17) is 0 Å². The average molecular weight is 496 g/mol. The topological polar surface area (TPSA) is 97.4 Å². The van der Waals surface area contributed by atoms with Crippen molar-refractivity contribution in [1.82, 2.24) is 15.6 Å². The maximum Gasteiger partial charge on any atom is 0.305 e. The number of hydrogen-bond acceptors (Lipinski definition) is 6. The van der Waals surface area contributed by atoms with Gasteiger partial charge in [-0.2, -0.15) is 0 Å². The maximum absolute atomic E-state index is 13.7. The van der Waals surface area contributed by atoms with Crippen LogP contribution in [0, 0.1) is 5.82 Å². The second kappa shape index (κ2) is 12.1. The Morgan fingerprint density at radius 1 is 0.914 bits per heavy atom. The van der Waals surface area contributed by atoms with Crippen LogP contribution < -0.4 is 15.5 Å². The molecule has 0 saturated carbocycles. The largest absolute Gasteiger partial charge is 0.506 e. The summed E-state index contributed by atoms with van der Waals surface area (Å²) in [6, 6.07) is 18.5. The number of aromatic hydroxyl groups is 1. The van der Waals surface area contributed by atoms with Crippen molar-refractivity contribution in [2.45, 2.75) is 25.4 Å². The van der Waals surface area contributed by atoms with Crippen molar-refractivity contribution in [3.8, 4) is 5.75 Å². The minimum absolute atomic E-state index is 0.00225. The van der Waals surface area contributed by atoms with E-state index in [1.807, 2.05) is 12.1 Å². The molecule has 0 amide bonds. The minimum Gasteiger partial charge on any atom is -0.506 e. The van der Waals surface area contributed by atoms with Crippen LogP contribution >= 0.6 is 11.3 Å². The number of thiazole rings is 1. The predicted octanol–water partition coefficient (Wildman–Crippen LogP) is 3.67. The van der Waals surface area contributed by atoms with Gasteiger partial charge in [0.1, 0.15) is 17.1 Å². The second-order valence-electron chi connectivity index (χ2n) is 8.52. The molecule has 4 rings (SSSR count). The van der Waals surface area contributed by atoms with Crippen LogP contribution in [0.2, 0.25) is 0 Å². The summed E-state index contributed by atoms with van der Waals surface area (Å²) in [5.74, 6) is -0.150. The van der Waals surface area contributed by atoms with E-state index in [0.29, 0.717) is 35.3 Å². The summed E-state index contributed by atoms with van der Waals surface area (Å²) in [5, 5.41) is 27.2. The lowest BCUT2D eigenvalue weighted by molar-refractivity contribution is 0.176. The Labute approximate surface area is 207 Å². The quantitative estimate of drug-likeness (QED) is 0.193. The summed E-state index contributed by atoms with van der Waals surface area (Å²) in [7, 11) is 0. The summed E-state index contributed by atoms with van der Waals surface area (Å²) in [4.78, 5) is 14.0. The zero-order valence-electron chi connectivity index (χ0n) is 19.4. The van der Waals surface area contributed by atoms with E-state index in [9.17, 15) is 19.4 Å². The van der Waals surface area contributed by atoms with Gasteiger partial charge in [-0.3, -0.25) is 4.79 Å². The highest BCUT2D eigenvalue weighted by Gasteiger charge is 2.15. The Bertz CT molecular complexity index is 1320. The van der Waals surface area contributed by atoms with Crippen molar-refractivity contribution < 1.29 is 14.6 Å². The number of fused-ring (bicyclic) bond motifs is 1. The number of aliphatic hydroxyl groups is 1. The molecule has 1 heterocycles. The van der Waals surface area contributed by atoms with Crippen LogP contribution in [-0.2, 0) is 19.3 Å². The molecule has 1 aromatic heterocycles. The van der Waals surface area contributed by atoms with E-state index in [-0.39, 0.29) is 16.4 Å². The number of H-pyrrole nitrogens is 1. The van der Waals surface area contributed by atoms with E-state index in [2.05, 4.69) is 39.9 Å². The summed E-state index contributed by atoms with van der Waals surface area (Å²) < 4.78 is 14.3. The van der Waals surface area contributed by atoms with Crippen LogP contribution in [0.5, 0.6) is 5.75 Å². The molecule has 1 unspecified atom stereocenters. The van der Waals surface area contributed by atoms with E-state index >= 15 is 0 Å². The number of halogens is 1. The number of phenolic OH excluding ortho intramolecular Hbond substituents is 1. The van der Waals surface area contributed by atoms with Gasteiger partial charge in [-0.05, 0) is 67.7 Å². The van der Waals surface area contributed by atoms with Gasteiger partial charge in [0, 0.05) is 12.1 Å². The molecule has 0 radical (unpaired) electrons. The standard InChI is InChI=1S/C27H30FN3O3S/c28-22-7-2-1-6-20(22)12-15-29-13-10-18-4-3-5-19(16-18)11-14-30-17-24(33)21-8-9-23(32)25-26(21)35-27(34)31-25/h1-9,16,24,29-30,32-33H,10-15,17H2,(H,31,34). The molecule has 35 heavy (non-hydrogen) atoms. The second-order valence-corrected chi connectivity index (χ2v) is 9.51. The van der Waals surface area contributed by atoms with Crippen molar-refractivity contribution in [3.63, 3.8) is 0 Å². The van der Waals surface area contributed by atoms with Gasteiger partial charge < -0.3 is 25.8 Å². The minimum atomic E-state index is -0.786. The zero-order valence-corrected chi connectivity index (χ0v) is 20.2. The maximum atomic E-state index is 13.7. The van der Waals surface area contributed by atoms with Crippen LogP contribution in [0.1, 0.15) is 28.4 Å². The molecule has 1 atom stereocenters. The van der Waals surface area contributed by atoms with Gasteiger partial charge in [-0.15, -0.1) is 0 Å². The molecule has 0 aliphatic rings. The SMILES string of the molecule is O=c1[nH]c2c(O)ccc(C(O)CNCCc3cccc(CCNCCc4ccccc4F)c3)c2s1. The van der Waals surface area contributed by atoms with Crippen LogP contribution in [-0.4, -0.2) is 41.4 Å². The van der Waals surface area contributed by atoms with Gasteiger partial charge in [-0.1, -0.05) is 59.9 Å². The van der Waals surface area contributed by atoms with E-state index in [1.165, 1.54) is 23.3 Å². The van der Waals surface area contributed by atoms with Gasteiger partial charge in [0.2, 0.25) is 0 Å². The molecule has 0 aliphatic carbocycles. The van der Waals surface area contributed by atoms with E-state index in [0.717, 1.165) is 42.8 Å². The molecule has 184 valence electrons. The van der Waals surface area contributed by atoms with Crippen molar-refractivity contribution in [1.29, 1.82) is 0 Å². The number of hydrogen-bond donors (Lipinski definition) is 5. The Balaban J connectivity index is 1.19. The number of phenols is 1. The van der Waals surface area contributed by atoms with Crippen molar-refractivity contribution >= 4 is 21.6 Å². The summed E-state index contributed by atoms with van der Waals surface area (Å²) in [5.41, 5.74) is 4.19. The van der Waals surface area contributed by atoms with Crippen LogP contribution in [0.3, 0.4) is 0 Å². The van der Waals surface area contributed by atoms with Gasteiger partial charge in [0.15, 0.2) is 0 Å². The Hall–Kier alpha value is -3.04. The lowest BCUT2D eigenvalue weighted by Gasteiger charge is -2.13. The third-order valence-electron chi connectivity index (χ3n) is 5.99. The van der Waals surface area contributed by atoms with Crippen molar-refractivity contribution in [2.75, 3.05) is 26.2 Å². The highest BCUT2D eigenvalue weighted by Crippen LogP contribution is 2.31. The Morgan fingerprint density at radius 2 is 1.63 bits per heavy atom. The number of aliphatic hydroxyl groups excluding tert-OH is 1. The van der Waals surface area contributed by atoms with E-state index in [1.54, 1.807) is 12.1 Å². The number of nitrogens with one attached hydrogen (secondary N) is 3. The highest BCUT2D eigenvalue weighted by atomic mass is 32.1. The first kappa shape index (κ1) is 25.1. The van der Waals surface area contributed by atoms with Gasteiger partial charge in [0.05, 0.1) is 10.8 Å². The first-order valence-corrected chi connectivity index (χ1v) is 12.6. The third-order valence-corrected chi connectivity index (χ3v) is 6.92. The monoisotopic (exact) mass is 495 g/mol. The van der Waals surface area contributed by atoms with Gasteiger partial charge in [-0.25, -0.2) is 4.39 Å². The summed E-state index contributed by atoms with van der Waals surface area (Å²) >= 11 is 0.987. The zero-order chi connectivity index (χ0) is 24.6. The molecule has 0 aliphatic heterocycles. The van der Waals surface area contributed by atoms with Crippen LogP contribution in [0.4, 0.5) is 4.39 Å². The smallest absolute Gasteiger partial charge is 0.305 e. The molecule has 0 saturated heterocycles. The van der Waals surface area contributed by atoms with Crippen LogP contribution in [0.15, 0.2) is 65.5 Å². The Kier molecular flexibility index (Phi) is 8.65. The lowest BCUT2D eigenvalue weighted by atomic mass is 10.1. The van der Waals surface area contributed by atoms with Crippen LogP contribution in [0.25, 0.3) is 10.2 Å². The molecule has 3 aromatic carbocycles. The first-order valence-electron chi connectivity index (χ1n) is 11.8. The fourth-order valence-electron chi connectivity index (χ4n) is 4.11. The molecule has 8 heteroatoms. The fraction of sp³-hybridized carbons (Fsp3) is 0.296. The third kappa shape index (κ3) is 6.76. The highest BCUT2D eigenvalue weighted by molar-refractivity contribution is 7.16. The molecule has 5 N–H and O–H groups in total. The van der Waals surface area contributed by atoms with E-state index < -0.39 is 6.10 Å². The van der Waals surface area contributed by atoms with Gasteiger partial charge in [0.25, 0.3) is 0 Å². The number of rotatable bonds is 12. The Morgan fingerprint density at radius 3 is 2.40 bits per heavy atom. The molecule has 0 fully saturated rings. The fourth-order valence-corrected chi connectivity index (χ4v) is 5.02. The number of aromatic amines is 1. The van der Waals surface area contributed by atoms with Gasteiger partial charge >= 0.3 is 4.87 Å². The molecule has 6 nitrogen and oxygen atoms in total. The first-order chi connectivity index (χ1) is 17.0.